The number of carbonyl (C=O) groups excluding carboxylic acids is 2. The topological polar surface area (TPSA) is 108 Å². The van der Waals surface area contributed by atoms with Crippen LogP contribution in [0.1, 0.15) is 309 Å². The molecule has 0 heterocycles. The minimum absolute atomic E-state index is 0.0299. The molecule has 2 unspecified atom stereocenters. The molecular formula is C70H129NO8P+. The van der Waals surface area contributed by atoms with E-state index in [1.54, 1.807) is 0 Å². The Bertz CT molecular complexity index is 1580. The number of ether oxygens (including phenoxy) is 2. The lowest BCUT2D eigenvalue weighted by molar-refractivity contribution is -0.870. The van der Waals surface area contributed by atoms with E-state index in [9.17, 15) is 19.0 Å². The van der Waals surface area contributed by atoms with Gasteiger partial charge in [0.2, 0.25) is 0 Å². The Balaban J connectivity index is 4.08. The number of nitrogens with zero attached hydrogens (tertiary/aromatic N) is 1. The van der Waals surface area contributed by atoms with Crippen LogP contribution >= 0.6 is 7.82 Å². The highest BCUT2D eigenvalue weighted by Gasteiger charge is 2.27. The average molecular weight is 1140 g/mol. The number of rotatable bonds is 62. The van der Waals surface area contributed by atoms with Crippen molar-refractivity contribution in [3.05, 3.63) is 72.9 Å². The molecule has 10 heteroatoms. The summed E-state index contributed by atoms with van der Waals surface area (Å²) in [7, 11) is 1.48. The summed E-state index contributed by atoms with van der Waals surface area (Å²) in [5.74, 6) is -0.791. The number of likely N-dealkylation sites (N-methyl/N-ethyl adjacent to an activating group) is 1. The van der Waals surface area contributed by atoms with E-state index in [0.717, 1.165) is 57.8 Å². The van der Waals surface area contributed by atoms with Crippen LogP contribution in [-0.2, 0) is 32.7 Å². The average Bonchev–Trinajstić information content (AvgIpc) is 3.42. The molecule has 0 aromatic heterocycles. The molecule has 0 radical (unpaired) electrons. The maximum atomic E-state index is 12.9. The number of phosphoric acid groups is 1. The lowest BCUT2D eigenvalue weighted by Gasteiger charge is -2.24. The Morgan fingerprint density at radius 1 is 0.388 bits per heavy atom. The number of esters is 2. The monoisotopic (exact) mass is 1140 g/mol. The van der Waals surface area contributed by atoms with Crippen LogP contribution in [0.25, 0.3) is 0 Å². The van der Waals surface area contributed by atoms with Gasteiger partial charge in [-0.2, -0.15) is 0 Å². The lowest BCUT2D eigenvalue weighted by atomic mass is 10.0. The zero-order valence-corrected chi connectivity index (χ0v) is 54.0. The van der Waals surface area contributed by atoms with Gasteiger partial charge in [-0.15, -0.1) is 0 Å². The van der Waals surface area contributed by atoms with Crippen LogP contribution in [0.5, 0.6) is 0 Å². The standard InChI is InChI=1S/C70H128NO8P/c1-6-8-10-12-14-16-18-20-22-24-26-28-30-32-34-35-37-39-41-43-45-47-49-51-53-55-57-59-61-63-70(73)79-68(67-78-80(74,75)77-65-64-71(3,4)5)66-76-69(72)62-60-58-56-54-52-50-48-46-44-42-40-38-36-33-31-29-27-25-23-21-19-17-15-13-11-9-7-2/h18-21,24-27,30-33,68H,6-17,22-23,28-29,34-67H2,1-5H3/p+1/b20-18-,21-19-,26-24-,27-25-,32-30-,33-31-. The molecular weight excluding hydrogens is 1010 g/mol. The predicted octanol–water partition coefficient (Wildman–Crippen LogP) is 21.6. The molecule has 0 spiro atoms. The summed E-state index contributed by atoms with van der Waals surface area (Å²) >= 11 is 0. The van der Waals surface area contributed by atoms with Crippen LogP contribution in [0.15, 0.2) is 72.9 Å². The minimum atomic E-state index is -4.39. The highest BCUT2D eigenvalue weighted by molar-refractivity contribution is 7.47. The summed E-state index contributed by atoms with van der Waals surface area (Å²) in [6.07, 6.45) is 81.3. The molecule has 2 atom stereocenters. The minimum Gasteiger partial charge on any atom is -0.462 e. The fourth-order valence-electron chi connectivity index (χ4n) is 9.50. The Kier molecular flexibility index (Phi) is 59.1. The van der Waals surface area contributed by atoms with E-state index in [2.05, 4.69) is 86.8 Å². The van der Waals surface area contributed by atoms with Gasteiger partial charge in [0.05, 0.1) is 27.7 Å². The maximum absolute atomic E-state index is 12.9. The number of hydrogen-bond acceptors (Lipinski definition) is 7. The van der Waals surface area contributed by atoms with Crippen molar-refractivity contribution in [3.8, 4) is 0 Å². The molecule has 0 aromatic rings. The first-order chi connectivity index (χ1) is 39.0. The van der Waals surface area contributed by atoms with E-state index in [1.165, 1.54) is 218 Å². The van der Waals surface area contributed by atoms with Gasteiger partial charge in [0, 0.05) is 12.8 Å². The maximum Gasteiger partial charge on any atom is 0.472 e. The highest BCUT2D eigenvalue weighted by atomic mass is 31.2. The number of unbranched alkanes of at least 4 members (excludes halogenated alkanes) is 36. The summed E-state index contributed by atoms with van der Waals surface area (Å²) in [5.41, 5.74) is 0. The van der Waals surface area contributed by atoms with Crippen LogP contribution in [0.2, 0.25) is 0 Å². The SMILES string of the molecule is CCCCCCC/C=C\C/C=C\C/C=C\CCCCCCCCCCCCCCCCC(=O)OC(COC(=O)CCCCCCCCCCCCCC/C=C\C/C=C\C/C=C\CCCCCCC)COP(=O)(O)OCC[N+](C)(C)C. The van der Waals surface area contributed by atoms with Crippen molar-refractivity contribution >= 4 is 19.8 Å². The van der Waals surface area contributed by atoms with Crippen LogP contribution in [-0.4, -0.2) is 74.9 Å². The fourth-order valence-corrected chi connectivity index (χ4v) is 10.2. The second-order valence-electron chi connectivity index (χ2n) is 23.9. The summed E-state index contributed by atoms with van der Waals surface area (Å²) in [6, 6.07) is 0. The predicted molar refractivity (Wildman–Crippen MR) is 344 cm³/mol. The first-order valence-electron chi connectivity index (χ1n) is 33.7. The first-order valence-corrected chi connectivity index (χ1v) is 35.2. The van der Waals surface area contributed by atoms with Crippen molar-refractivity contribution in [1.29, 1.82) is 0 Å². The van der Waals surface area contributed by atoms with Gasteiger partial charge in [-0.25, -0.2) is 4.57 Å². The largest absolute Gasteiger partial charge is 0.472 e. The Labute approximate surface area is 495 Å². The third-order valence-electron chi connectivity index (χ3n) is 14.7. The molecule has 1 N–H and O–H groups in total. The van der Waals surface area contributed by atoms with Crippen molar-refractivity contribution in [3.63, 3.8) is 0 Å². The van der Waals surface area contributed by atoms with Crippen molar-refractivity contribution < 1.29 is 42.1 Å². The number of phosphoric ester groups is 1. The van der Waals surface area contributed by atoms with Gasteiger partial charge in [0.15, 0.2) is 6.10 Å². The van der Waals surface area contributed by atoms with Gasteiger partial charge >= 0.3 is 19.8 Å². The van der Waals surface area contributed by atoms with E-state index in [4.69, 9.17) is 18.5 Å². The van der Waals surface area contributed by atoms with Gasteiger partial charge in [0.25, 0.3) is 0 Å². The summed E-state index contributed by atoms with van der Waals surface area (Å²) < 4.78 is 34.7. The normalized spacial score (nSPS) is 13.6. The number of quaternary nitrogens is 1. The molecule has 0 bridgehead atoms. The van der Waals surface area contributed by atoms with Gasteiger partial charge in [-0.05, 0) is 89.9 Å². The Morgan fingerprint density at radius 3 is 1.00 bits per heavy atom. The molecule has 0 aliphatic carbocycles. The van der Waals surface area contributed by atoms with Crippen molar-refractivity contribution in [2.75, 3.05) is 47.5 Å². The molecule has 0 aliphatic rings. The molecule has 0 rings (SSSR count). The van der Waals surface area contributed by atoms with Crippen LogP contribution in [0.3, 0.4) is 0 Å². The number of hydrogen-bond donors (Lipinski definition) is 1. The van der Waals surface area contributed by atoms with Crippen molar-refractivity contribution in [1.82, 2.24) is 0 Å². The summed E-state index contributed by atoms with van der Waals surface area (Å²) in [5, 5.41) is 0. The zero-order valence-electron chi connectivity index (χ0n) is 53.1. The molecule has 80 heavy (non-hydrogen) atoms. The molecule has 0 aromatic carbocycles. The highest BCUT2D eigenvalue weighted by Crippen LogP contribution is 2.43. The smallest absolute Gasteiger partial charge is 0.462 e. The molecule has 0 saturated heterocycles. The van der Waals surface area contributed by atoms with Crippen LogP contribution < -0.4 is 0 Å². The number of carbonyl (C=O) groups is 2. The van der Waals surface area contributed by atoms with E-state index in [0.29, 0.717) is 17.4 Å². The second-order valence-corrected chi connectivity index (χ2v) is 25.3. The van der Waals surface area contributed by atoms with E-state index < -0.39 is 26.5 Å². The molecule has 9 nitrogen and oxygen atoms in total. The molecule has 0 aliphatic heterocycles. The third kappa shape index (κ3) is 64.6. The first kappa shape index (κ1) is 77.5. The van der Waals surface area contributed by atoms with E-state index >= 15 is 0 Å². The van der Waals surface area contributed by atoms with Crippen molar-refractivity contribution in [2.45, 2.75) is 315 Å². The van der Waals surface area contributed by atoms with Crippen LogP contribution in [0.4, 0.5) is 0 Å². The Morgan fingerprint density at radius 2 is 0.675 bits per heavy atom. The van der Waals surface area contributed by atoms with Crippen molar-refractivity contribution in [2.24, 2.45) is 0 Å². The second kappa shape index (κ2) is 61.0. The zero-order chi connectivity index (χ0) is 58.4. The molecule has 0 amide bonds. The molecule has 466 valence electrons. The molecule has 0 fully saturated rings. The van der Waals surface area contributed by atoms with Gasteiger partial charge < -0.3 is 18.9 Å². The van der Waals surface area contributed by atoms with Crippen LogP contribution in [0, 0.1) is 0 Å². The Hall–Kier alpha value is -2.55. The van der Waals surface area contributed by atoms with Gasteiger partial charge in [-0.1, -0.05) is 279 Å². The summed E-state index contributed by atoms with van der Waals surface area (Å²) in [4.78, 5) is 35.8. The quantitative estimate of drug-likeness (QED) is 0.0211. The van der Waals surface area contributed by atoms with E-state index in [1.807, 2.05) is 21.1 Å². The van der Waals surface area contributed by atoms with Gasteiger partial charge in [-0.3, -0.25) is 18.6 Å². The fraction of sp³-hybridized carbons (Fsp3) is 0.800. The van der Waals surface area contributed by atoms with E-state index in [-0.39, 0.29) is 32.0 Å². The third-order valence-corrected chi connectivity index (χ3v) is 15.7. The summed E-state index contributed by atoms with van der Waals surface area (Å²) in [6.45, 7) is 4.44. The molecule has 0 saturated carbocycles. The lowest BCUT2D eigenvalue weighted by Crippen LogP contribution is -2.37. The van der Waals surface area contributed by atoms with Gasteiger partial charge in [0.1, 0.15) is 19.8 Å². The number of allylic oxidation sites excluding steroid dienone is 12.